The molecule has 0 aliphatic carbocycles. The van der Waals surface area contributed by atoms with Gasteiger partial charge in [-0.1, -0.05) is 23.2 Å². The maximum atomic E-state index is 14.7. The molecule has 0 spiro atoms. The van der Waals surface area contributed by atoms with Crippen LogP contribution in [0.4, 0.5) is 17.6 Å². The van der Waals surface area contributed by atoms with Crippen LogP contribution in [0.15, 0.2) is 47.5 Å². The van der Waals surface area contributed by atoms with Gasteiger partial charge in [-0.05, 0) is 48.2 Å². The number of hydrogen-bond acceptors (Lipinski definition) is 3. The fourth-order valence-electron chi connectivity index (χ4n) is 1.64. The molecule has 1 unspecified atom stereocenters. The van der Waals surface area contributed by atoms with Gasteiger partial charge < -0.3 is 0 Å². The van der Waals surface area contributed by atoms with Crippen LogP contribution in [0, 0.1) is 0 Å². The zero-order valence-electron chi connectivity index (χ0n) is 11.1. The third kappa shape index (κ3) is 3.79. The van der Waals surface area contributed by atoms with Crippen LogP contribution < -0.4 is 0 Å². The second-order valence-corrected chi connectivity index (χ2v) is 6.28. The minimum absolute atomic E-state index is 0.111. The Balaban J connectivity index is 2.42. The average molecular weight is 384 g/mol. The lowest BCUT2D eigenvalue weighted by Gasteiger charge is -2.25. The summed E-state index contributed by atoms with van der Waals surface area (Å²) < 4.78 is 54.4. The minimum Gasteiger partial charge on any atom is -0.282 e. The summed E-state index contributed by atoms with van der Waals surface area (Å²) in [6.07, 6.45) is -4.58. The molecule has 1 aromatic carbocycles. The molecule has 0 aliphatic rings. The molecule has 2 rings (SSSR count). The van der Waals surface area contributed by atoms with E-state index >= 15 is 0 Å². The van der Waals surface area contributed by atoms with Gasteiger partial charge in [0.05, 0.1) is 5.69 Å². The molecule has 0 N–H and O–H groups in total. The maximum absolute atomic E-state index is 14.7. The molecule has 2 aromatic rings. The molecule has 0 saturated heterocycles. The van der Waals surface area contributed by atoms with Gasteiger partial charge in [0.1, 0.15) is 0 Å². The van der Waals surface area contributed by atoms with E-state index in [1.54, 1.807) is 0 Å². The fraction of sp³-hybridized carbons (Fsp3) is 0.143. The van der Waals surface area contributed by atoms with Crippen molar-refractivity contribution >= 4 is 40.1 Å². The number of pyridine rings is 1. The van der Waals surface area contributed by atoms with Crippen molar-refractivity contribution in [3.8, 4) is 0 Å². The number of carbonyl (C=O) groups is 1. The summed E-state index contributed by atoms with van der Waals surface area (Å²) in [7, 11) is 0. The van der Waals surface area contributed by atoms with Gasteiger partial charge in [-0.2, -0.15) is 13.2 Å². The highest BCUT2D eigenvalue weighted by atomic mass is 35.5. The van der Waals surface area contributed by atoms with Crippen LogP contribution in [-0.4, -0.2) is 16.3 Å². The van der Waals surface area contributed by atoms with E-state index in [-0.39, 0.29) is 21.7 Å². The minimum atomic E-state index is -5.48. The molecule has 23 heavy (non-hydrogen) atoms. The van der Waals surface area contributed by atoms with Crippen molar-refractivity contribution in [2.24, 2.45) is 0 Å². The lowest BCUT2D eigenvalue weighted by Crippen LogP contribution is -2.44. The van der Waals surface area contributed by atoms with Crippen molar-refractivity contribution in [2.45, 2.75) is 16.7 Å². The van der Waals surface area contributed by atoms with Gasteiger partial charge >= 0.3 is 11.8 Å². The van der Waals surface area contributed by atoms with Crippen LogP contribution in [0.2, 0.25) is 10.0 Å². The summed E-state index contributed by atoms with van der Waals surface area (Å²) in [5, 5.41) is -1.59. The van der Waals surface area contributed by atoms with Crippen LogP contribution in [0.1, 0.15) is 5.69 Å². The number of nitrogens with zero attached hydrogens (tertiary/aromatic N) is 1. The van der Waals surface area contributed by atoms with Gasteiger partial charge in [0.15, 0.2) is 0 Å². The van der Waals surface area contributed by atoms with Crippen molar-refractivity contribution in [3.05, 3.63) is 58.3 Å². The Morgan fingerprint density at radius 3 is 2.13 bits per heavy atom. The highest BCUT2D eigenvalue weighted by Crippen LogP contribution is 2.46. The van der Waals surface area contributed by atoms with E-state index in [2.05, 4.69) is 4.98 Å². The molecular weight excluding hydrogens is 377 g/mol. The van der Waals surface area contributed by atoms with Crippen LogP contribution in [0.3, 0.4) is 0 Å². The standard InChI is InChI=1S/C14H7Cl2F4NOS/c15-8-1-3-10(4-2-8)23-12(22)13(17,14(18,19)20)11-7-9(16)5-6-21-11/h1-7H. The van der Waals surface area contributed by atoms with Crippen molar-refractivity contribution in [3.63, 3.8) is 0 Å². The highest BCUT2D eigenvalue weighted by Gasteiger charge is 2.64. The van der Waals surface area contributed by atoms with Gasteiger partial charge in [0.2, 0.25) is 5.12 Å². The number of hydrogen-bond donors (Lipinski definition) is 0. The first-order valence-electron chi connectivity index (χ1n) is 6.00. The summed E-state index contributed by atoms with van der Waals surface area (Å²) in [4.78, 5) is 15.5. The topological polar surface area (TPSA) is 30.0 Å². The lowest BCUT2D eigenvalue weighted by molar-refractivity contribution is -0.226. The van der Waals surface area contributed by atoms with Gasteiger partial charge in [0, 0.05) is 21.1 Å². The second-order valence-electron chi connectivity index (χ2n) is 4.36. The number of rotatable bonds is 3. The molecule has 1 aromatic heterocycles. The van der Waals surface area contributed by atoms with Crippen molar-refractivity contribution < 1.29 is 22.4 Å². The number of halogens is 6. The number of thioether (sulfide) groups is 1. The van der Waals surface area contributed by atoms with Crippen LogP contribution >= 0.6 is 35.0 Å². The Kier molecular flexibility index (Phi) is 5.23. The Bertz CT molecular complexity index is 723. The van der Waals surface area contributed by atoms with Crippen LogP contribution in [-0.2, 0) is 10.5 Å². The molecule has 0 amide bonds. The Labute approximate surface area is 142 Å². The molecular formula is C14H7Cl2F4NOS. The maximum Gasteiger partial charge on any atom is 0.436 e. The van der Waals surface area contributed by atoms with Crippen molar-refractivity contribution in [1.29, 1.82) is 0 Å². The summed E-state index contributed by atoms with van der Waals surface area (Å²) in [5.41, 5.74) is -5.38. The Morgan fingerprint density at radius 1 is 1.00 bits per heavy atom. The quantitative estimate of drug-likeness (QED) is 0.522. The smallest absolute Gasteiger partial charge is 0.282 e. The van der Waals surface area contributed by atoms with Gasteiger partial charge in [0.25, 0.3) is 0 Å². The molecule has 9 heteroatoms. The molecule has 2 nitrogen and oxygen atoms in total. The molecule has 0 saturated carbocycles. The summed E-state index contributed by atoms with van der Waals surface area (Å²) in [6, 6.07) is 7.23. The monoisotopic (exact) mass is 383 g/mol. The SMILES string of the molecule is O=C(Sc1ccc(Cl)cc1)C(F)(c1cc(Cl)ccn1)C(F)(F)F. The van der Waals surface area contributed by atoms with E-state index in [1.807, 2.05) is 0 Å². The van der Waals surface area contributed by atoms with Crippen molar-refractivity contribution in [2.75, 3.05) is 0 Å². The molecule has 1 heterocycles. The number of alkyl halides is 4. The normalized spacial score (nSPS) is 14.3. The van der Waals surface area contributed by atoms with Crippen molar-refractivity contribution in [1.82, 2.24) is 4.98 Å². The first-order valence-corrected chi connectivity index (χ1v) is 7.57. The van der Waals surface area contributed by atoms with E-state index in [0.717, 1.165) is 6.20 Å². The van der Waals surface area contributed by atoms with E-state index in [4.69, 9.17) is 23.2 Å². The van der Waals surface area contributed by atoms with Gasteiger partial charge in [-0.25, -0.2) is 4.39 Å². The van der Waals surface area contributed by atoms with E-state index < -0.39 is 22.7 Å². The van der Waals surface area contributed by atoms with E-state index in [9.17, 15) is 22.4 Å². The molecule has 1 atom stereocenters. The summed E-state index contributed by atoms with van der Waals surface area (Å²) in [5.74, 6) is 0. The first-order chi connectivity index (χ1) is 10.6. The van der Waals surface area contributed by atoms with Crippen LogP contribution in [0.5, 0.6) is 0 Å². The van der Waals surface area contributed by atoms with Crippen LogP contribution in [0.25, 0.3) is 0 Å². The zero-order chi connectivity index (χ0) is 17.3. The molecule has 0 aliphatic heterocycles. The average Bonchev–Trinajstić information content (AvgIpc) is 2.47. The lowest BCUT2D eigenvalue weighted by atomic mass is 10.0. The molecule has 122 valence electrons. The summed E-state index contributed by atoms with van der Waals surface area (Å²) >= 11 is 11.3. The largest absolute Gasteiger partial charge is 0.436 e. The highest BCUT2D eigenvalue weighted by molar-refractivity contribution is 8.13. The number of aromatic nitrogens is 1. The predicted molar refractivity (Wildman–Crippen MR) is 80.4 cm³/mol. The van der Waals surface area contributed by atoms with Gasteiger partial charge in [-0.15, -0.1) is 0 Å². The second kappa shape index (κ2) is 6.67. The fourth-order valence-corrected chi connectivity index (χ4v) is 2.77. The molecule has 0 bridgehead atoms. The Morgan fingerprint density at radius 2 is 1.61 bits per heavy atom. The van der Waals surface area contributed by atoms with Gasteiger partial charge in [-0.3, -0.25) is 9.78 Å². The van der Waals surface area contributed by atoms with E-state index in [1.165, 1.54) is 30.3 Å². The first kappa shape index (κ1) is 18.0. The van der Waals surface area contributed by atoms with E-state index in [0.29, 0.717) is 11.1 Å². The zero-order valence-corrected chi connectivity index (χ0v) is 13.4. The molecule has 0 radical (unpaired) electrons. The third-order valence-corrected chi connectivity index (χ3v) is 4.23. The number of benzene rings is 1. The number of carbonyl (C=O) groups excluding carboxylic acids is 1. The predicted octanol–water partition coefficient (Wildman–Crippen LogP) is 5.43. The Hall–Kier alpha value is -1.31. The summed E-state index contributed by atoms with van der Waals surface area (Å²) in [6.45, 7) is 0. The third-order valence-electron chi connectivity index (χ3n) is 2.77. The molecule has 0 fully saturated rings.